The van der Waals surface area contributed by atoms with E-state index in [2.05, 4.69) is 26.6 Å². The molecule has 0 saturated heterocycles. The van der Waals surface area contributed by atoms with Gasteiger partial charge < -0.3 is 19.8 Å². The molecule has 1 rings (SSSR count). The number of amides is 2. The summed E-state index contributed by atoms with van der Waals surface area (Å²) in [5.74, 6) is -1.64. The van der Waals surface area contributed by atoms with Crippen LogP contribution in [0.15, 0.2) is 21.2 Å². The molecule has 20 heavy (non-hydrogen) atoms. The van der Waals surface area contributed by atoms with E-state index in [9.17, 15) is 14.4 Å². The van der Waals surface area contributed by atoms with Gasteiger partial charge in [-0.2, -0.15) is 0 Å². The number of rotatable bonds is 6. The summed E-state index contributed by atoms with van der Waals surface area (Å²) in [4.78, 5) is 34.1. The van der Waals surface area contributed by atoms with Crippen molar-refractivity contribution in [1.82, 2.24) is 10.6 Å². The Balaban J connectivity index is 2.26. The zero-order chi connectivity index (χ0) is 15.1. The summed E-state index contributed by atoms with van der Waals surface area (Å²) in [6.07, 6.45) is 0. The number of carbonyl (C=O) groups is 3. The topological polar surface area (TPSA) is 97.6 Å². The molecule has 0 spiro atoms. The van der Waals surface area contributed by atoms with Crippen LogP contribution in [0, 0.1) is 0 Å². The van der Waals surface area contributed by atoms with Crippen molar-refractivity contribution >= 4 is 33.7 Å². The van der Waals surface area contributed by atoms with Crippen LogP contribution >= 0.6 is 15.9 Å². The highest BCUT2D eigenvalue weighted by Crippen LogP contribution is 2.14. The molecule has 110 valence electrons. The van der Waals surface area contributed by atoms with Gasteiger partial charge >= 0.3 is 5.97 Å². The van der Waals surface area contributed by atoms with E-state index in [0.717, 1.165) is 0 Å². The van der Waals surface area contributed by atoms with Gasteiger partial charge in [-0.15, -0.1) is 0 Å². The number of carbonyl (C=O) groups excluding carboxylic acids is 3. The molecule has 8 heteroatoms. The highest BCUT2D eigenvalue weighted by molar-refractivity contribution is 9.10. The molecule has 0 atom stereocenters. The molecular formula is C12H15BrN2O5. The first-order valence-electron chi connectivity index (χ1n) is 5.87. The van der Waals surface area contributed by atoms with Gasteiger partial charge in [0.2, 0.25) is 11.7 Å². The van der Waals surface area contributed by atoms with Gasteiger partial charge in [0.25, 0.3) is 5.91 Å². The van der Waals surface area contributed by atoms with Crippen molar-refractivity contribution in [2.24, 2.45) is 0 Å². The van der Waals surface area contributed by atoms with Gasteiger partial charge in [0.05, 0.1) is 6.54 Å². The fourth-order valence-electron chi connectivity index (χ4n) is 1.23. The molecule has 7 nitrogen and oxygen atoms in total. The Hall–Kier alpha value is -1.83. The van der Waals surface area contributed by atoms with E-state index in [4.69, 9.17) is 9.15 Å². The number of furan rings is 1. The molecule has 0 aromatic carbocycles. The minimum Gasteiger partial charge on any atom is -0.450 e. The third kappa shape index (κ3) is 5.87. The molecule has 0 fully saturated rings. The van der Waals surface area contributed by atoms with Crippen molar-refractivity contribution < 1.29 is 23.5 Å². The zero-order valence-electron chi connectivity index (χ0n) is 11.1. The van der Waals surface area contributed by atoms with Crippen LogP contribution in [0.1, 0.15) is 24.4 Å². The molecule has 0 bridgehead atoms. The summed E-state index contributed by atoms with van der Waals surface area (Å²) >= 11 is 3.04. The van der Waals surface area contributed by atoms with Crippen molar-refractivity contribution in [3.8, 4) is 0 Å². The highest BCUT2D eigenvalue weighted by atomic mass is 79.9. The van der Waals surface area contributed by atoms with Crippen LogP contribution in [0.3, 0.4) is 0 Å². The molecule has 0 radical (unpaired) electrons. The lowest BCUT2D eigenvalue weighted by atomic mass is 10.4. The predicted octanol–water partition coefficient (Wildman–Crippen LogP) is 0.840. The van der Waals surface area contributed by atoms with E-state index < -0.39 is 18.5 Å². The van der Waals surface area contributed by atoms with Gasteiger partial charge in [-0.05, 0) is 41.9 Å². The smallest absolute Gasteiger partial charge is 0.374 e. The normalized spacial score (nSPS) is 10.2. The third-order valence-corrected chi connectivity index (χ3v) is 2.43. The molecule has 0 saturated carbocycles. The molecular weight excluding hydrogens is 332 g/mol. The predicted molar refractivity (Wildman–Crippen MR) is 73.0 cm³/mol. The second kappa shape index (κ2) is 7.68. The Bertz CT molecular complexity index is 498. The number of nitrogens with one attached hydrogen (secondary N) is 2. The summed E-state index contributed by atoms with van der Waals surface area (Å²) in [5.41, 5.74) is 0. The number of hydrogen-bond donors (Lipinski definition) is 2. The molecule has 0 aliphatic heterocycles. The van der Waals surface area contributed by atoms with Gasteiger partial charge in [-0.3, -0.25) is 9.59 Å². The molecule has 1 aromatic rings. The largest absolute Gasteiger partial charge is 0.450 e. The lowest BCUT2D eigenvalue weighted by molar-refractivity contribution is -0.128. The van der Waals surface area contributed by atoms with Crippen molar-refractivity contribution in [2.45, 2.75) is 19.9 Å². The fourth-order valence-corrected chi connectivity index (χ4v) is 1.54. The maximum absolute atomic E-state index is 11.4. The maximum atomic E-state index is 11.4. The third-order valence-electron chi connectivity index (χ3n) is 2.00. The van der Waals surface area contributed by atoms with E-state index >= 15 is 0 Å². The highest BCUT2D eigenvalue weighted by Gasteiger charge is 2.14. The Morgan fingerprint density at radius 2 is 2.00 bits per heavy atom. The first kappa shape index (κ1) is 16.2. The van der Waals surface area contributed by atoms with Gasteiger partial charge in [0.15, 0.2) is 11.3 Å². The zero-order valence-corrected chi connectivity index (χ0v) is 12.7. The molecule has 0 aliphatic rings. The summed E-state index contributed by atoms with van der Waals surface area (Å²) in [5, 5.41) is 4.94. The van der Waals surface area contributed by atoms with Crippen LogP contribution in [0.5, 0.6) is 0 Å². The summed E-state index contributed by atoms with van der Waals surface area (Å²) in [7, 11) is 0. The van der Waals surface area contributed by atoms with Crippen molar-refractivity contribution in [3.63, 3.8) is 0 Å². The second-order valence-electron chi connectivity index (χ2n) is 4.18. The van der Waals surface area contributed by atoms with Crippen LogP contribution in [-0.2, 0) is 14.3 Å². The van der Waals surface area contributed by atoms with Gasteiger partial charge in [-0.1, -0.05) is 0 Å². The Morgan fingerprint density at radius 3 is 2.55 bits per heavy atom. The lowest BCUT2D eigenvalue weighted by Crippen LogP contribution is -2.41. The minimum absolute atomic E-state index is 0.00497. The van der Waals surface area contributed by atoms with Crippen LogP contribution in [0.4, 0.5) is 0 Å². The average molecular weight is 347 g/mol. The van der Waals surface area contributed by atoms with Crippen LogP contribution < -0.4 is 10.6 Å². The Morgan fingerprint density at radius 1 is 1.30 bits per heavy atom. The van der Waals surface area contributed by atoms with Crippen LogP contribution in [0.2, 0.25) is 0 Å². The number of ether oxygens (including phenoxy) is 1. The molecule has 1 heterocycles. The molecule has 2 N–H and O–H groups in total. The van der Waals surface area contributed by atoms with Gasteiger partial charge in [0, 0.05) is 6.04 Å². The van der Waals surface area contributed by atoms with E-state index in [0.29, 0.717) is 4.67 Å². The molecule has 0 unspecified atom stereocenters. The van der Waals surface area contributed by atoms with E-state index in [-0.39, 0.29) is 24.3 Å². The molecule has 2 amide bonds. The monoisotopic (exact) mass is 346 g/mol. The first-order valence-corrected chi connectivity index (χ1v) is 6.66. The van der Waals surface area contributed by atoms with Crippen molar-refractivity contribution in [2.75, 3.05) is 13.2 Å². The number of hydrogen-bond acceptors (Lipinski definition) is 5. The van der Waals surface area contributed by atoms with Gasteiger partial charge in [0.1, 0.15) is 0 Å². The maximum Gasteiger partial charge on any atom is 0.374 e. The summed E-state index contributed by atoms with van der Waals surface area (Å²) in [6.45, 7) is 2.97. The molecule has 0 aliphatic carbocycles. The average Bonchev–Trinajstić information content (AvgIpc) is 2.79. The second-order valence-corrected chi connectivity index (χ2v) is 4.96. The Kier molecular flexibility index (Phi) is 6.23. The van der Waals surface area contributed by atoms with Crippen LogP contribution in [-0.4, -0.2) is 37.0 Å². The standard InChI is InChI=1S/C12H15BrN2O5/c1-7(2)15-10(16)5-14-11(17)6-19-12(18)8-3-4-9(13)20-8/h3-4,7H,5-6H2,1-2H3,(H,14,17)(H,15,16). The number of halogens is 1. The Labute approximate surface area is 124 Å². The van der Waals surface area contributed by atoms with E-state index in [1.807, 2.05) is 13.8 Å². The molecule has 1 aromatic heterocycles. The van der Waals surface area contributed by atoms with Crippen molar-refractivity contribution in [1.29, 1.82) is 0 Å². The first-order chi connectivity index (χ1) is 9.38. The van der Waals surface area contributed by atoms with Crippen molar-refractivity contribution in [3.05, 3.63) is 22.6 Å². The van der Waals surface area contributed by atoms with E-state index in [1.165, 1.54) is 12.1 Å². The number of esters is 1. The lowest BCUT2D eigenvalue weighted by Gasteiger charge is -2.09. The van der Waals surface area contributed by atoms with E-state index in [1.54, 1.807) is 0 Å². The van der Waals surface area contributed by atoms with Gasteiger partial charge in [-0.25, -0.2) is 4.79 Å². The quantitative estimate of drug-likeness (QED) is 0.744. The summed E-state index contributed by atoms with van der Waals surface area (Å²) < 4.78 is 10.1. The van der Waals surface area contributed by atoms with Crippen LogP contribution in [0.25, 0.3) is 0 Å². The SMILES string of the molecule is CC(C)NC(=O)CNC(=O)COC(=O)c1ccc(Br)o1. The minimum atomic E-state index is -0.752. The summed E-state index contributed by atoms with van der Waals surface area (Å²) in [6, 6.07) is 2.95. The fraction of sp³-hybridized carbons (Fsp3) is 0.417.